The van der Waals surface area contributed by atoms with E-state index in [4.69, 9.17) is 20.9 Å². The van der Waals surface area contributed by atoms with Gasteiger partial charge < -0.3 is 26.3 Å². The summed E-state index contributed by atoms with van der Waals surface area (Å²) < 4.78 is 39.3. The normalized spacial score (nSPS) is 20.1. The van der Waals surface area contributed by atoms with Crippen LogP contribution in [0.5, 0.6) is 5.75 Å². The van der Waals surface area contributed by atoms with Crippen LogP contribution in [-0.2, 0) is 16.1 Å². The minimum absolute atomic E-state index is 0.0139. The third-order valence-electron chi connectivity index (χ3n) is 6.09. The second-order valence-electron chi connectivity index (χ2n) is 8.35. The zero-order valence-corrected chi connectivity index (χ0v) is 19.1. The van der Waals surface area contributed by atoms with Crippen LogP contribution < -0.4 is 26.9 Å². The van der Waals surface area contributed by atoms with Gasteiger partial charge in [-0.25, -0.2) is 14.2 Å². The minimum Gasteiger partial charge on any atom is -0.496 e. The standard InChI is InChI=1S/C24H27F2N5O4/c1-34-19-7-5-14(25)10-17(19)24(33)29-11-13-4-6-16(18(26)9-13)21-20(23(28)32)22(27)31(30-21)15-3-2-8-35-12-15/h4-7,9-10,15,21,30H,2-3,8,11-12,27H2,1H3,(H2,28,32)(H,29,33). The van der Waals surface area contributed by atoms with Crippen LogP contribution in [0, 0.1) is 11.6 Å². The predicted molar refractivity (Wildman–Crippen MR) is 122 cm³/mol. The average molecular weight is 488 g/mol. The third-order valence-corrected chi connectivity index (χ3v) is 6.09. The highest BCUT2D eigenvalue weighted by Crippen LogP contribution is 2.34. The van der Waals surface area contributed by atoms with E-state index < -0.39 is 29.5 Å². The second-order valence-corrected chi connectivity index (χ2v) is 8.35. The van der Waals surface area contributed by atoms with E-state index >= 15 is 4.39 Å². The number of ether oxygens (including phenoxy) is 2. The highest BCUT2D eigenvalue weighted by atomic mass is 19.1. The molecule has 0 radical (unpaired) electrons. The van der Waals surface area contributed by atoms with Gasteiger partial charge >= 0.3 is 0 Å². The first kappa shape index (κ1) is 24.4. The van der Waals surface area contributed by atoms with Gasteiger partial charge in [0.25, 0.3) is 5.91 Å². The maximum atomic E-state index is 15.2. The molecule has 0 saturated carbocycles. The summed E-state index contributed by atoms with van der Waals surface area (Å²) in [6, 6.07) is 7.00. The summed E-state index contributed by atoms with van der Waals surface area (Å²) in [4.78, 5) is 24.7. The molecule has 11 heteroatoms. The fraction of sp³-hybridized carbons (Fsp3) is 0.333. The fourth-order valence-corrected chi connectivity index (χ4v) is 4.32. The lowest BCUT2D eigenvalue weighted by atomic mass is 9.98. The Hall–Kier alpha value is -3.70. The molecule has 186 valence electrons. The van der Waals surface area contributed by atoms with Crippen molar-refractivity contribution in [3.8, 4) is 5.75 Å². The third kappa shape index (κ3) is 5.05. The van der Waals surface area contributed by atoms with Gasteiger partial charge in [0.2, 0.25) is 5.91 Å². The van der Waals surface area contributed by atoms with Crippen molar-refractivity contribution in [3.05, 3.63) is 76.1 Å². The number of amides is 2. The molecule has 1 fully saturated rings. The van der Waals surface area contributed by atoms with Crippen LogP contribution in [0.3, 0.4) is 0 Å². The summed E-state index contributed by atoms with van der Waals surface area (Å²) in [6.45, 7) is 1.06. The van der Waals surface area contributed by atoms with Crippen LogP contribution >= 0.6 is 0 Å². The van der Waals surface area contributed by atoms with Crippen molar-refractivity contribution in [2.45, 2.75) is 31.5 Å². The zero-order chi connectivity index (χ0) is 25.1. The average Bonchev–Trinajstić information content (AvgIpc) is 3.20. The van der Waals surface area contributed by atoms with Gasteiger partial charge in [-0.2, -0.15) is 0 Å². The second kappa shape index (κ2) is 10.3. The number of halogens is 2. The van der Waals surface area contributed by atoms with Gasteiger partial charge in [-0.3, -0.25) is 14.6 Å². The Morgan fingerprint density at radius 2 is 2.06 bits per heavy atom. The van der Waals surface area contributed by atoms with Crippen molar-refractivity contribution >= 4 is 11.8 Å². The number of hydrogen-bond acceptors (Lipinski definition) is 7. The van der Waals surface area contributed by atoms with Crippen molar-refractivity contribution in [2.24, 2.45) is 11.5 Å². The van der Waals surface area contributed by atoms with Crippen molar-refractivity contribution in [1.82, 2.24) is 15.8 Å². The highest BCUT2D eigenvalue weighted by Gasteiger charge is 2.39. The van der Waals surface area contributed by atoms with E-state index in [1.807, 2.05) is 0 Å². The number of primary amides is 1. The van der Waals surface area contributed by atoms with Crippen LogP contribution in [0.1, 0.15) is 40.4 Å². The Balaban J connectivity index is 1.50. The molecule has 1 saturated heterocycles. The molecule has 6 N–H and O–H groups in total. The number of carbonyl (C=O) groups excluding carboxylic acids is 2. The van der Waals surface area contributed by atoms with E-state index in [1.165, 1.54) is 31.4 Å². The SMILES string of the molecule is COc1ccc(F)cc1C(=O)NCc1ccc(C2NN(C3CCCOC3)C(N)=C2C(N)=O)c(F)c1. The molecule has 0 aliphatic carbocycles. The quantitative estimate of drug-likeness (QED) is 0.466. The van der Waals surface area contributed by atoms with Gasteiger partial charge in [-0.05, 0) is 42.7 Å². The summed E-state index contributed by atoms with van der Waals surface area (Å²) in [5, 5.41) is 4.25. The first-order chi connectivity index (χ1) is 16.8. The minimum atomic E-state index is -0.866. The molecule has 0 aromatic heterocycles. The number of methoxy groups -OCH3 is 1. The van der Waals surface area contributed by atoms with E-state index in [2.05, 4.69) is 10.7 Å². The lowest BCUT2D eigenvalue weighted by Gasteiger charge is -2.33. The molecule has 35 heavy (non-hydrogen) atoms. The predicted octanol–water partition coefficient (Wildman–Crippen LogP) is 1.60. The first-order valence-electron chi connectivity index (χ1n) is 11.1. The largest absolute Gasteiger partial charge is 0.496 e. The number of nitrogens with zero attached hydrogens (tertiary/aromatic N) is 1. The zero-order valence-electron chi connectivity index (χ0n) is 19.1. The highest BCUT2D eigenvalue weighted by molar-refractivity contribution is 5.97. The van der Waals surface area contributed by atoms with Gasteiger partial charge in [-0.15, -0.1) is 0 Å². The van der Waals surface area contributed by atoms with Crippen LogP contribution in [0.15, 0.2) is 47.8 Å². The van der Waals surface area contributed by atoms with E-state index in [0.717, 1.165) is 18.9 Å². The number of benzene rings is 2. The van der Waals surface area contributed by atoms with Crippen molar-refractivity contribution in [1.29, 1.82) is 0 Å². The van der Waals surface area contributed by atoms with E-state index in [0.29, 0.717) is 18.8 Å². The number of carbonyl (C=O) groups is 2. The number of nitrogens with one attached hydrogen (secondary N) is 2. The molecular formula is C24H27F2N5O4. The Kier molecular flexibility index (Phi) is 7.17. The van der Waals surface area contributed by atoms with Gasteiger partial charge in [0.1, 0.15) is 23.2 Å². The Bertz CT molecular complexity index is 1170. The van der Waals surface area contributed by atoms with Crippen LogP contribution in [0.25, 0.3) is 0 Å². The molecule has 0 bridgehead atoms. The molecule has 2 unspecified atom stereocenters. The van der Waals surface area contributed by atoms with Gasteiger partial charge in [0.05, 0.1) is 36.9 Å². The Labute approximate surface area is 201 Å². The van der Waals surface area contributed by atoms with Crippen molar-refractivity contribution < 1.29 is 27.8 Å². The summed E-state index contributed by atoms with van der Waals surface area (Å²) >= 11 is 0. The topological polar surface area (TPSA) is 132 Å². The van der Waals surface area contributed by atoms with Crippen molar-refractivity contribution in [3.63, 3.8) is 0 Å². The number of hydrogen-bond donors (Lipinski definition) is 4. The van der Waals surface area contributed by atoms with Gasteiger partial charge in [0.15, 0.2) is 0 Å². The fourth-order valence-electron chi connectivity index (χ4n) is 4.32. The molecule has 2 atom stereocenters. The Morgan fingerprint density at radius 1 is 1.26 bits per heavy atom. The number of hydrazine groups is 1. The molecule has 2 heterocycles. The summed E-state index contributed by atoms with van der Waals surface area (Å²) in [5.74, 6) is -2.14. The molecule has 9 nitrogen and oxygen atoms in total. The lowest BCUT2D eigenvalue weighted by Crippen LogP contribution is -2.47. The summed E-state index contributed by atoms with van der Waals surface area (Å²) in [5.41, 5.74) is 15.6. The molecule has 4 rings (SSSR count). The van der Waals surface area contributed by atoms with Crippen LogP contribution in [0.2, 0.25) is 0 Å². The maximum absolute atomic E-state index is 15.2. The van der Waals surface area contributed by atoms with Gasteiger partial charge in [-0.1, -0.05) is 12.1 Å². The van der Waals surface area contributed by atoms with Crippen molar-refractivity contribution in [2.75, 3.05) is 20.3 Å². The number of nitrogens with two attached hydrogens (primary N) is 2. The Morgan fingerprint density at radius 3 is 2.71 bits per heavy atom. The van der Waals surface area contributed by atoms with Gasteiger partial charge in [0, 0.05) is 18.7 Å². The smallest absolute Gasteiger partial charge is 0.255 e. The first-order valence-corrected chi connectivity index (χ1v) is 11.1. The van der Waals surface area contributed by atoms with Crippen LogP contribution in [-0.4, -0.2) is 43.2 Å². The van der Waals surface area contributed by atoms with E-state index in [-0.39, 0.29) is 40.9 Å². The molecule has 2 aromatic rings. The number of rotatable bonds is 7. The monoisotopic (exact) mass is 487 g/mol. The molecule has 2 aromatic carbocycles. The molecule has 2 aliphatic rings. The molecule has 2 amide bonds. The molecule has 0 spiro atoms. The van der Waals surface area contributed by atoms with Crippen LogP contribution in [0.4, 0.5) is 8.78 Å². The summed E-state index contributed by atoms with van der Waals surface area (Å²) in [7, 11) is 1.37. The lowest BCUT2D eigenvalue weighted by molar-refractivity contribution is -0.114. The summed E-state index contributed by atoms with van der Waals surface area (Å²) in [6.07, 6.45) is 1.63. The van der Waals surface area contributed by atoms with E-state index in [1.54, 1.807) is 11.1 Å². The van der Waals surface area contributed by atoms with E-state index in [9.17, 15) is 14.0 Å². The molecular weight excluding hydrogens is 460 g/mol. The molecule has 2 aliphatic heterocycles. The maximum Gasteiger partial charge on any atom is 0.255 e.